The van der Waals surface area contributed by atoms with E-state index >= 15 is 0 Å². The van der Waals surface area contributed by atoms with Gasteiger partial charge in [-0.05, 0) is 38.3 Å². The minimum Gasteiger partial charge on any atom is -0.383 e. The molecule has 32 heavy (non-hydrogen) atoms. The van der Waals surface area contributed by atoms with Crippen LogP contribution in [0.2, 0.25) is 0 Å². The number of nitro benzene ring substituents is 1. The molecule has 1 saturated carbocycles. The van der Waals surface area contributed by atoms with E-state index in [1.165, 1.54) is 31.4 Å². The molecule has 1 atom stereocenters. The molecule has 178 valence electrons. The van der Waals surface area contributed by atoms with Crippen LogP contribution in [0.4, 0.5) is 11.4 Å². The SMILES string of the molecule is CCNC(=NCCNc1ccc([N+](=O)[O-])cc1)NC1CCN(C(=O)C2CCCCC2)C1.I. The maximum absolute atomic E-state index is 12.8. The number of benzene rings is 1. The summed E-state index contributed by atoms with van der Waals surface area (Å²) in [5.74, 6) is 1.31. The first kappa shape index (κ1) is 26.1. The summed E-state index contributed by atoms with van der Waals surface area (Å²) in [6, 6.07) is 6.58. The average molecular weight is 558 g/mol. The molecule has 1 saturated heterocycles. The molecule has 2 aliphatic rings. The number of hydrogen-bond acceptors (Lipinski definition) is 5. The highest BCUT2D eigenvalue weighted by atomic mass is 127. The van der Waals surface area contributed by atoms with E-state index in [0.29, 0.717) is 19.0 Å². The molecule has 1 unspecified atom stereocenters. The summed E-state index contributed by atoms with van der Waals surface area (Å²) in [4.78, 5) is 29.7. The molecule has 1 aliphatic heterocycles. The van der Waals surface area contributed by atoms with Crippen molar-refractivity contribution in [2.75, 3.05) is 38.0 Å². The van der Waals surface area contributed by atoms with Crippen molar-refractivity contribution in [2.24, 2.45) is 10.9 Å². The fraction of sp³-hybridized carbons (Fsp3) is 0.636. The Bertz CT molecular complexity index is 767. The number of guanidine groups is 1. The predicted molar refractivity (Wildman–Crippen MR) is 138 cm³/mol. The highest BCUT2D eigenvalue weighted by molar-refractivity contribution is 14.0. The number of likely N-dealkylation sites (tertiary alicyclic amines) is 1. The smallest absolute Gasteiger partial charge is 0.269 e. The summed E-state index contributed by atoms with van der Waals surface area (Å²) in [6.07, 6.45) is 6.63. The Labute approximate surface area is 207 Å². The molecule has 1 aromatic rings. The Morgan fingerprint density at radius 3 is 2.56 bits per heavy atom. The number of non-ortho nitro benzene ring substituents is 1. The van der Waals surface area contributed by atoms with E-state index in [0.717, 1.165) is 50.5 Å². The standard InChI is InChI=1S/C22H34N6O3.HI/c1-2-23-22(25-14-13-24-18-8-10-20(11-9-18)28(30)31)26-19-12-15-27(16-19)21(29)17-6-4-3-5-7-17;/h8-11,17,19,24H,2-7,12-16H2,1H3,(H2,23,25,26);1H. The highest BCUT2D eigenvalue weighted by Crippen LogP contribution is 2.26. The molecular formula is C22H35IN6O3. The number of nitro groups is 1. The van der Waals surface area contributed by atoms with Gasteiger partial charge in [-0.25, -0.2) is 0 Å². The molecule has 0 spiro atoms. The van der Waals surface area contributed by atoms with E-state index in [2.05, 4.69) is 20.9 Å². The van der Waals surface area contributed by atoms with Gasteiger partial charge in [-0.3, -0.25) is 19.9 Å². The van der Waals surface area contributed by atoms with Crippen molar-refractivity contribution >= 4 is 47.2 Å². The second kappa shape index (κ2) is 13.4. The van der Waals surface area contributed by atoms with Gasteiger partial charge in [0.2, 0.25) is 5.91 Å². The van der Waals surface area contributed by atoms with E-state index < -0.39 is 4.92 Å². The highest BCUT2D eigenvalue weighted by Gasteiger charge is 2.31. The Morgan fingerprint density at radius 2 is 1.91 bits per heavy atom. The van der Waals surface area contributed by atoms with Crippen molar-refractivity contribution in [2.45, 2.75) is 51.5 Å². The first-order chi connectivity index (χ1) is 15.1. The molecule has 10 heteroatoms. The van der Waals surface area contributed by atoms with Gasteiger partial charge in [0.15, 0.2) is 5.96 Å². The van der Waals surface area contributed by atoms with Crippen LogP contribution >= 0.6 is 24.0 Å². The van der Waals surface area contributed by atoms with Gasteiger partial charge in [0.1, 0.15) is 0 Å². The third kappa shape index (κ3) is 7.79. The zero-order chi connectivity index (χ0) is 22.1. The maximum atomic E-state index is 12.8. The summed E-state index contributed by atoms with van der Waals surface area (Å²) in [6.45, 7) is 5.52. The van der Waals surface area contributed by atoms with Gasteiger partial charge < -0.3 is 20.9 Å². The van der Waals surface area contributed by atoms with Crippen molar-refractivity contribution in [3.05, 3.63) is 34.4 Å². The van der Waals surface area contributed by atoms with Crippen molar-refractivity contribution in [3.63, 3.8) is 0 Å². The van der Waals surface area contributed by atoms with Crippen LogP contribution in [-0.2, 0) is 4.79 Å². The number of aliphatic imine (C=N–C) groups is 1. The van der Waals surface area contributed by atoms with Crippen LogP contribution in [0.15, 0.2) is 29.3 Å². The van der Waals surface area contributed by atoms with Crippen LogP contribution in [0, 0.1) is 16.0 Å². The number of carbonyl (C=O) groups excluding carboxylic acids is 1. The van der Waals surface area contributed by atoms with Gasteiger partial charge in [0.05, 0.1) is 11.5 Å². The summed E-state index contributed by atoms with van der Waals surface area (Å²) in [7, 11) is 0. The minimum absolute atomic E-state index is 0. The molecule has 0 bridgehead atoms. The van der Waals surface area contributed by atoms with Crippen molar-refractivity contribution in [1.29, 1.82) is 0 Å². The topological polar surface area (TPSA) is 112 Å². The first-order valence-corrected chi connectivity index (χ1v) is 11.4. The van der Waals surface area contributed by atoms with Crippen LogP contribution in [0.1, 0.15) is 45.4 Å². The number of carbonyl (C=O) groups is 1. The second-order valence-electron chi connectivity index (χ2n) is 8.24. The second-order valence-corrected chi connectivity index (χ2v) is 8.24. The number of rotatable bonds is 8. The number of nitrogens with one attached hydrogen (secondary N) is 3. The number of amides is 1. The van der Waals surface area contributed by atoms with Crippen LogP contribution in [-0.4, -0.2) is 60.5 Å². The van der Waals surface area contributed by atoms with Crippen molar-refractivity contribution < 1.29 is 9.72 Å². The van der Waals surface area contributed by atoms with E-state index in [1.54, 1.807) is 12.1 Å². The third-order valence-corrected chi connectivity index (χ3v) is 5.93. The van der Waals surface area contributed by atoms with Crippen molar-refractivity contribution in [1.82, 2.24) is 15.5 Å². The quantitative estimate of drug-likeness (QED) is 0.113. The molecule has 9 nitrogen and oxygen atoms in total. The summed E-state index contributed by atoms with van der Waals surface area (Å²) < 4.78 is 0. The lowest BCUT2D eigenvalue weighted by atomic mass is 9.88. The fourth-order valence-electron chi connectivity index (χ4n) is 4.27. The van der Waals surface area contributed by atoms with E-state index in [4.69, 9.17) is 0 Å². The third-order valence-electron chi connectivity index (χ3n) is 5.93. The lowest BCUT2D eigenvalue weighted by Gasteiger charge is -2.26. The van der Waals surface area contributed by atoms with Crippen LogP contribution < -0.4 is 16.0 Å². The Balaban J connectivity index is 0.00000363. The van der Waals surface area contributed by atoms with Gasteiger partial charge in [0, 0.05) is 56.0 Å². The normalized spacial score (nSPS) is 19.2. The molecule has 1 aliphatic carbocycles. The van der Waals surface area contributed by atoms with E-state index in [1.807, 2.05) is 11.8 Å². The summed E-state index contributed by atoms with van der Waals surface area (Å²) in [5, 5.41) is 20.7. The van der Waals surface area contributed by atoms with E-state index in [9.17, 15) is 14.9 Å². The molecule has 3 rings (SSSR count). The predicted octanol–water partition coefficient (Wildman–Crippen LogP) is 3.36. The number of hydrogen-bond donors (Lipinski definition) is 3. The Hall–Kier alpha value is -2.11. The number of nitrogens with zero attached hydrogens (tertiary/aromatic N) is 3. The molecule has 0 aromatic heterocycles. The van der Waals surface area contributed by atoms with Gasteiger partial charge in [-0.15, -0.1) is 24.0 Å². The lowest BCUT2D eigenvalue weighted by molar-refractivity contribution is -0.384. The number of halogens is 1. The molecule has 3 N–H and O–H groups in total. The van der Waals surface area contributed by atoms with E-state index in [-0.39, 0.29) is 41.6 Å². The molecule has 1 heterocycles. The van der Waals surface area contributed by atoms with Crippen LogP contribution in [0.3, 0.4) is 0 Å². The van der Waals surface area contributed by atoms with Gasteiger partial charge in [-0.2, -0.15) is 0 Å². The van der Waals surface area contributed by atoms with Gasteiger partial charge >= 0.3 is 0 Å². The van der Waals surface area contributed by atoms with Gasteiger partial charge in [-0.1, -0.05) is 19.3 Å². The first-order valence-electron chi connectivity index (χ1n) is 11.4. The average Bonchev–Trinajstić information content (AvgIpc) is 3.25. The molecular weight excluding hydrogens is 523 g/mol. The number of anilines is 1. The van der Waals surface area contributed by atoms with Crippen LogP contribution in [0.25, 0.3) is 0 Å². The van der Waals surface area contributed by atoms with Gasteiger partial charge in [0.25, 0.3) is 5.69 Å². The Kier molecular flexibility index (Phi) is 11.0. The molecule has 0 radical (unpaired) electrons. The van der Waals surface area contributed by atoms with Crippen molar-refractivity contribution in [3.8, 4) is 0 Å². The zero-order valence-electron chi connectivity index (χ0n) is 18.7. The maximum Gasteiger partial charge on any atom is 0.269 e. The summed E-state index contributed by atoms with van der Waals surface area (Å²) in [5.41, 5.74) is 0.904. The lowest BCUT2D eigenvalue weighted by Crippen LogP contribution is -2.45. The fourth-order valence-corrected chi connectivity index (χ4v) is 4.27. The molecule has 2 fully saturated rings. The minimum atomic E-state index is -0.407. The largest absolute Gasteiger partial charge is 0.383 e. The Morgan fingerprint density at radius 1 is 1.19 bits per heavy atom. The summed E-state index contributed by atoms with van der Waals surface area (Å²) >= 11 is 0. The molecule has 1 aromatic carbocycles. The molecule has 1 amide bonds. The monoisotopic (exact) mass is 558 g/mol. The zero-order valence-corrected chi connectivity index (χ0v) is 21.0. The van der Waals surface area contributed by atoms with Crippen LogP contribution in [0.5, 0.6) is 0 Å².